The van der Waals surface area contributed by atoms with Crippen LogP contribution in [0.1, 0.15) is 138 Å². The van der Waals surface area contributed by atoms with Gasteiger partial charge < -0.3 is 43.7 Å². The van der Waals surface area contributed by atoms with E-state index >= 15 is 9.59 Å². The summed E-state index contributed by atoms with van der Waals surface area (Å²) in [4.78, 5) is 59.2. The van der Waals surface area contributed by atoms with Crippen LogP contribution >= 0.6 is 27.5 Å². The smallest absolute Gasteiger partial charge is 0.408 e. The quantitative estimate of drug-likeness (QED) is 0.0792. The first-order valence-electron chi connectivity index (χ1n) is 24.8. The topological polar surface area (TPSA) is 188 Å². The third kappa shape index (κ3) is 13.5. The van der Waals surface area contributed by atoms with E-state index in [4.69, 9.17) is 39.4 Å². The minimum atomic E-state index is -3.01. The number of hydrogen-bond donors (Lipinski definition) is 3. The average Bonchev–Trinajstić information content (AvgIpc) is 3.80. The predicted molar refractivity (Wildman–Crippen MR) is 288 cm³/mol. The lowest BCUT2D eigenvalue weighted by Gasteiger charge is -2.46. The molecule has 3 amide bonds. The van der Waals surface area contributed by atoms with Gasteiger partial charge in [-0.1, -0.05) is 91.3 Å². The zero-order valence-electron chi connectivity index (χ0n) is 44.9. The minimum absolute atomic E-state index is 0.0128. The fourth-order valence-electron chi connectivity index (χ4n) is 9.03. The molecule has 4 atom stereocenters. The van der Waals surface area contributed by atoms with Crippen LogP contribution < -0.4 is 29.9 Å². The van der Waals surface area contributed by atoms with Gasteiger partial charge in [-0.25, -0.2) is 9.59 Å². The van der Waals surface area contributed by atoms with E-state index in [1.807, 2.05) is 5.01 Å². The lowest BCUT2D eigenvalue weighted by molar-refractivity contribution is -0.151. The minimum Gasteiger partial charge on any atom is -0.542 e. The van der Waals surface area contributed by atoms with Gasteiger partial charge in [0.25, 0.3) is 8.32 Å². The van der Waals surface area contributed by atoms with Crippen LogP contribution in [0.15, 0.2) is 63.3 Å². The van der Waals surface area contributed by atoms with Gasteiger partial charge in [0.1, 0.15) is 51.7 Å². The summed E-state index contributed by atoms with van der Waals surface area (Å²) in [6, 6.07) is 8.62. The maximum absolute atomic E-state index is 15.5. The summed E-state index contributed by atoms with van der Waals surface area (Å²) in [5, 5.41) is 19.4. The second-order valence-corrected chi connectivity index (χ2v) is 33.2. The van der Waals surface area contributed by atoms with Crippen LogP contribution in [0.5, 0.6) is 23.0 Å². The Morgan fingerprint density at radius 3 is 2.04 bits per heavy atom. The molecule has 0 aliphatic carbocycles. The van der Waals surface area contributed by atoms with Crippen LogP contribution in [-0.2, 0) is 28.3 Å². The maximum atomic E-state index is 15.5. The number of nitrogens with one attached hydrogen (secondary N) is 3. The first-order chi connectivity index (χ1) is 33.5. The zero-order chi connectivity index (χ0) is 53.7. The third-order valence-corrected chi connectivity index (χ3v) is 25.0. The highest BCUT2D eigenvalue weighted by atomic mass is 79.9. The molecular formula is C52H76BrClN6O10Si2. The van der Waals surface area contributed by atoms with Crippen molar-refractivity contribution in [3.8, 4) is 23.0 Å². The number of rotatable bonds is 14. The number of ether oxygens (including phenoxy) is 4. The van der Waals surface area contributed by atoms with E-state index in [2.05, 4.69) is 118 Å². The number of benzene rings is 3. The first kappa shape index (κ1) is 58.2. The Morgan fingerprint density at radius 2 is 1.50 bits per heavy atom. The molecule has 3 aromatic carbocycles. The lowest BCUT2D eigenvalue weighted by Crippen LogP contribution is -2.56. The number of amides is 3. The highest BCUT2D eigenvalue weighted by molar-refractivity contribution is 9.10. The van der Waals surface area contributed by atoms with E-state index in [1.54, 1.807) is 76.2 Å². The van der Waals surface area contributed by atoms with E-state index < -0.39 is 70.3 Å². The fraction of sp³-hybridized carbons (Fsp3) is 0.577. The van der Waals surface area contributed by atoms with E-state index in [-0.39, 0.29) is 61.8 Å². The number of carbonyl (C=O) groups is 4. The Kier molecular flexibility index (Phi) is 19.1. The van der Waals surface area contributed by atoms with Crippen LogP contribution in [-0.4, -0.2) is 84.0 Å². The molecule has 1 saturated heterocycles. The molecule has 0 spiro atoms. The van der Waals surface area contributed by atoms with Gasteiger partial charge in [-0.2, -0.15) is 0 Å². The van der Waals surface area contributed by atoms with Gasteiger partial charge in [0, 0.05) is 23.1 Å². The predicted octanol–water partition coefficient (Wildman–Crippen LogP) is 13.1. The van der Waals surface area contributed by atoms with Crippen LogP contribution in [0, 0.1) is 0 Å². The highest BCUT2D eigenvalue weighted by Crippen LogP contribution is 2.52. The third-order valence-electron chi connectivity index (χ3n) is 13.6. The van der Waals surface area contributed by atoms with Crippen molar-refractivity contribution in [3.63, 3.8) is 0 Å². The SMILES string of the molecule is CCOC(=O)[C@H]1NC(=O)[C@@H](c2ccc(OC)cc2)NC(=O)[C@H](NC(=O)OC(C)(C)C)c2cc(Br)c(N=NN3CCCC3)c(c2)Oc2ccc(c(O[Si](C)(C)C(C)(C)C)c2Cl)[C@H]1O[Si](C(C)C)(C(C)C)C(C)C. The summed E-state index contributed by atoms with van der Waals surface area (Å²) in [6.07, 6.45) is -0.260. The maximum Gasteiger partial charge on any atom is 0.408 e. The van der Waals surface area contributed by atoms with Crippen molar-refractivity contribution in [2.24, 2.45) is 10.3 Å². The van der Waals surface area contributed by atoms with Crippen LogP contribution in [0.2, 0.25) is 39.8 Å². The summed E-state index contributed by atoms with van der Waals surface area (Å²) < 4.78 is 39.1. The summed E-state index contributed by atoms with van der Waals surface area (Å²) in [6.45, 7) is 31.4. The van der Waals surface area contributed by atoms with Crippen molar-refractivity contribution < 1.29 is 47.0 Å². The molecule has 0 saturated carbocycles. The van der Waals surface area contributed by atoms with Crippen molar-refractivity contribution in [1.29, 1.82) is 0 Å². The summed E-state index contributed by atoms with van der Waals surface area (Å²) in [7, 11) is -4.32. The molecule has 0 unspecified atom stereocenters. The fourth-order valence-corrected chi connectivity index (χ4v) is 16.4. The Labute approximate surface area is 441 Å². The van der Waals surface area contributed by atoms with E-state index in [9.17, 15) is 9.59 Å². The van der Waals surface area contributed by atoms with Gasteiger partial charge in [0.15, 0.2) is 11.8 Å². The molecule has 6 rings (SSSR count). The van der Waals surface area contributed by atoms with Gasteiger partial charge in [-0.3, -0.25) is 14.6 Å². The first-order valence-corrected chi connectivity index (χ1v) is 31.0. The lowest BCUT2D eigenvalue weighted by atomic mass is 9.98. The van der Waals surface area contributed by atoms with Crippen molar-refractivity contribution in [2.45, 2.75) is 167 Å². The molecule has 3 heterocycles. The number of fused-ring (bicyclic) bond motifs is 9. The Balaban J connectivity index is 1.95. The van der Waals surface area contributed by atoms with Crippen LogP contribution in [0.4, 0.5) is 10.5 Å². The molecule has 3 aliphatic rings. The molecule has 16 nitrogen and oxygen atoms in total. The molecule has 4 bridgehead atoms. The van der Waals surface area contributed by atoms with Crippen molar-refractivity contribution in [3.05, 3.63) is 74.7 Å². The van der Waals surface area contributed by atoms with Crippen molar-refractivity contribution >= 4 is 73.7 Å². The molecule has 1 fully saturated rings. The van der Waals surface area contributed by atoms with Crippen LogP contribution in [0.3, 0.4) is 0 Å². The molecule has 3 aromatic rings. The number of esters is 1. The molecule has 72 heavy (non-hydrogen) atoms. The Morgan fingerprint density at radius 1 is 0.889 bits per heavy atom. The zero-order valence-corrected chi connectivity index (χ0v) is 49.2. The van der Waals surface area contributed by atoms with E-state index in [0.717, 1.165) is 12.8 Å². The average molecular weight is 1120 g/mol. The van der Waals surface area contributed by atoms with E-state index in [1.165, 1.54) is 7.11 Å². The number of alkyl carbamates (subject to hydrolysis) is 1. The number of carbonyl (C=O) groups excluding carboxylic acids is 4. The van der Waals surface area contributed by atoms with Gasteiger partial charge in [0.05, 0.1) is 13.7 Å². The Hall–Kier alpha value is -4.70. The van der Waals surface area contributed by atoms with Crippen LogP contribution in [0.25, 0.3) is 0 Å². The molecule has 3 N–H and O–H groups in total. The summed E-state index contributed by atoms with van der Waals surface area (Å²) >= 11 is 11.4. The van der Waals surface area contributed by atoms with E-state index in [0.29, 0.717) is 34.4 Å². The largest absolute Gasteiger partial charge is 0.542 e. The summed E-state index contributed by atoms with van der Waals surface area (Å²) in [5.41, 5.74) is 0.270. The van der Waals surface area contributed by atoms with Gasteiger partial charge >= 0.3 is 12.1 Å². The number of nitrogens with zero attached hydrogens (tertiary/aromatic N) is 3. The number of hydrogen-bond acceptors (Lipinski definition) is 12. The molecule has 0 radical (unpaired) electrons. The molecule has 3 aliphatic heterocycles. The molecule has 20 heteroatoms. The van der Waals surface area contributed by atoms with Gasteiger partial charge in [-0.05, 0) is 139 Å². The molecule has 0 aromatic heterocycles. The van der Waals surface area contributed by atoms with Gasteiger partial charge in [-0.15, -0.1) is 5.11 Å². The van der Waals surface area contributed by atoms with Crippen molar-refractivity contribution in [2.75, 3.05) is 26.8 Å². The van der Waals surface area contributed by atoms with Crippen molar-refractivity contribution in [1.82, 2.24) is 21.0 Å². The Bertz CT molecular complexity index is 2430. The molecule has 396 valence electrons. The normalized spacial score (nSPS) is 19.4. The highest BCUT2D eigenvalue weighted by Gasteiger charge is 2.51. The monoisotopic (exact) mass is 1110 g/mol. The number of methoxy groups -OCH3 is 1. The summed E-state index contributed by atoms with van der Waals surface area (Å²) in [5.74, 6) is -1.44. The number of halogens is 2. The van der Waals surface area contributed by atoms with Gasteiger partial charge in [0.2, 0.25) is 20.1 Å². The molecular weight excluding hydrogens is 1040 g/mol. The standard InChI is InChI=1S/C52H76BrClN6O10Si2/c1-17-66-49(63)44-46(70-72(30(2)3,31(4)5)32(6)7)36-24-25-38(40(54)45(36)69-71(15,16)52(11,12)13)67-39-29-34(28-37(53)43(39)58-59-60-26-18-19-27-60)42(57-50(64)68-51(8,9)10)48(62)55-41(47(61)56-44)33-20-22-35(65-14)23-21-33/h20-25,28-32,41-42,44,46H,17-19,26-27H2,1-16H3,(H,55,62)(H,56,61)(H,57,64)/t41-,42-,44+,46-/m1/s1. The second kappa shape index (κ2) is 23.7. The second-order valence-electron chi connectivity index (χ2n) is 21.8.